The van der Waals surface area contributed by atoms with Crippen LogP contribution in [0.15, 0.2) is 30.3 Å². The average molecular weight is 288 g/mol. The summed E-state index contributed by atoms with van der Waals surface area (Å²) in [5.74, 6) is 0.784. The van der Waals surface area contributed by atoms with Crippen LogP contribution in [0.4, 0.5) is 0 Å². The lowest BCUT2D eigenvalue weighted by atomic mass is 9.93. The molecular weight excluding hydrogens is 256 g/mol. The summed E-state index contributed by atoms with van der Waals surface area (Å²) in [6, 6.07) is 12.3. The molecule has 1 saturated heterocycles. The highest BCUT2D eigenvalue weighted by molar-refractivity contribution is 5.14. The molecule has 1 aromatic carbocycles. The molecule has 3 unspecified atom stereocenters. The zero-order valence-corrected chi connectivity index (χ0v) is 14.0. The fourth-order valence-electron chi connectivity index (χ4n) is 3.39. The molecule has 0 radical (unpaired) electrons. The maximum absolute atomic E-state index is 3.73. The molecule has 1 aromatic rings. The van der Waals surface area contributed by atoms with Gasteiger partial charge in [0.05, 0.1) is 0 Å². The first-order chi connectivity index (χ1) is 10.2. The van der Waals surface area contributed by atoms with Crippen molar-refractivity contribution >= 4 is 0 Å². The summed E-state index contributed by atoms with van der Waals surface area (Å²) in [6.07, 6.45) is 4.99. The van der Waals surface area contributed by atoms with Crippen LogP contribution in [0, 0.1) is 5.92 Å². The highest BCUT2D eigenvalue weighted by Crippen LogP contribution is 2.19. The van der Waals surface area contributed by atoms with Crippen LogP contribution in [-0.4, -0.2) is 36.6 Å². The maximum Gasteiger partial charge on any atom is 0.0246 e. The Labute approximate surface area is 130 Å². The molecule has 0 aliphatic carbocycles. The van der Waals surface area contributed by atoms with Crippen molar-refractivity contribution in [3.63, 3.8) is 0 Å². The van der Waals surface area contributed by atoms with Gasteiger partial charge in [-0.15, -0.1) is 0 Å². The van der Waals surface area contributed by atoms with Crippen LogP contribution in [0.5, 0.6) is 0 Å². The Bertz CT molecular complexity index is 390. The van der Waals surface area contributed by atoms with Gasteiger partial charge in [0.25, 0.3) is 0 Å². The van der Waals surface area contributed by atoms with Gasteiger partial charge in [0.15, 0.2) is 0 Å². The van der Waals surface area contributed by atoms with E-state index in [0.29, 0.717) is 12.1 Å². The SMILES string of the molecule is CCC1CN(CCCc2ccccc2)C(C(C)CC)CN1. The van der Waals surface area contributed by atoms with Gasteiger partial charge in [-0.3, -0.25) is 4.90 Å². The van der Waals surface area contributed by atoms with Crippen LogP contribution < -0.4 is 5.32 Å². The van der Waals surface area contributed by atoms with Crippen molar-refractivity contribution in [3.8, 4) is 0 Å². The Balaban J connectivity index is 1.86. The fourth-order valence-corrected chi connectivity index (χ4v) is 3.39. The lowest BCUT2D eigenvalue weighted by molar-refractivity contribution is 0.0892. The lowest BCUT2D eigenvalue weighted by Crippen LogP contribution is -2.58. The molecule has 2 rings (SSSR count). The van der Waals surface area contributed by atoms with Crippen molar-refractivity contribution in [1.29, 1.82) is 0 Å². The van der Waals surface area contributed by atoms with E-state index in [9.17, 15) is 0 Å². The van der Waals surface area contributed by atoms with E-state index in [0.717, 1.165) is 5.92 Å². The van der Waals surface area contributed by atoms with Crippen molar-refractivity contribution in [1.82, 2.24) is 10.2 Å². The van der Waals surface area contributed by atoms with E-state index >= 15 is 0 Å². The molecule has 1 fully saturated rings. The average Bonchev–Trinajstić information content (AvgIpc) is 2.55. The van der Waals surface area contributed by atoms with Crippen LogP contribution in [0.1, 0.15) is 45.6 Å². The minimum absolute atomic E-state index is 0.682. The molecule has 0 spiro atoms. The minimum atomic E-state index is 0.682. The van der Waals surface area contributed by atoms with Crippen molar-refractivity contribution in [3.05, 3.63) is 35.9 Å². The zero-order valence-electron chi connectivity index (χ0n) is 14.0. The molecule has 0 saturated carbocycles. The Morgan fingerprint density at radius 3 is 2.67 bits per heavy atom. The number of nitrogens with one attached hydrogen (secondary N) is 1. The number of hydrogen-bond donors (Lipinski definition) is 1. The molecule has 0 bridgehead atoms. The number of hydrogen-bond acceptors (Lipinski definition) is 2. The maximum atomic E-state index is 3.73. The third-order valence-electron chi connectivity index (χ3n) is 5.09. The molecule has 0 aromatic heterocycles. The Morgan fingerprint density at radius 2 is 2.00 bits per heavy atom. The summed E-state index contributed by atoms with van der Waals surface area (Å²) in [5.41, 5.74) is 1.47. The molecule has 21 heavy (non-hydrogen) atoms. The van der Waals surface area contributed by atoms with E-state index < -0.39 is 0 Å². The second kappa shape index (κ2) is 8.55. The smallest absolute Gasteiger partial charge is 0.0246 e. The summed E-state index contributed by atoms with van der Waals surface area (Å²) in [4.78, 5) is 2.75. The molecule has 1 aliphatic rings. The second-order valence-corrected chi connectivity index (χ2v) is 6.55. The molecule has 118 valence electrons. The van der Waals surface area contributed by atoms with Crippen LogP contribution in [0.25, 0.3) is 0 Å². The molecule has 1 aliphatic heterocycles. The molecule has 0 amide bonds. The minimum Gasteiger partial charge on any atom is -0.311 e. The number of piperazine rings is 1. The van der Waals surface area contributed by atoms with Crippen molar-refractivity contribution in [2.24, 2.45) is 5.92 Å². The number of rotatable bonds is 7. The van der Waals surface area contributed by atoms with Gasteiger partial charge in [-0.2, -0.15) is 0 Å². The number of benzene rings is 1. The van der Waals surface area contributed by atoms with Gasteiger partial charge in [-0.25, -0.2) is 0 Å². The van der Waals surface area contributed by atoms with Crippen molar-refractivity contribution in [2.75, 3.05) is 19.6 Å². The van der Waals surface area contributed by atoms with Gasteiger partial charge < -0.3 is 5.32 Å². The molecule has 1 heterocycles. The Kier molecular flexibility index (Phi) is 6.72. The third kappa shape index (κ3) is 4.82. The van der Waals surface area contributed by atoms with Crippen LogP contribution in [0.2, 0.25) is 0 Å². The third-order valence-corrected chi connectivity index (χ3v) is 5.09. The van der Waals surface area contributed by atoms with E-state index in [4.69, 9.17) is 0 Å². The van der Waals surface area contributed by atoms with Gasteiger partial charge in [-0.1, -0.05) is 57.5 Å². The van der Waals surface area contributed by atoms with E-state index in [2.05, 4.69) is 61.3 Å². The molecular formula is C19H32N2. The predicted octanol–water partition coefficient (Wildman–Crippen LogP) is 3.72. The number of nitrogens with zero attached hydrogens (tertiary/aromatic N) is 1. The Morgan fingerprint density at radius 1 is 1.24 bits per heavy atom. The van der Waals surface area contributed by atoms with E-state index in [1.807, 2.05) is 0 Å². The fraction of sp³-hybridized carbons (Fsp3) is 0.684. The van der Waals surface area contributed by atoms with Crippen molar-refractivity contribution < 1.29 is 0 Å². The van der Waals surface area contributed by atoms with Crippen LogP contribution >= 0.6 is 0 Å². The molecule has 2 nitrogen and oxygen atoms in total. The van der Waals surface area contributed by atoms with Crippen LogP contribution in [0.3, 0.4) is 0 Å². The summed E-state index contributed by atoms with van der Waals surface area (Å²) < 4.78 is 0. The normalized spacial score (nSPS) is 24.9. The van der Waals surface area contributed by atoms with Gasteiger partial charge in [-0.05, 0) is 37.3 Å². The summed E-state index contributed by atoms with van der Waals surface area (Å²) in [6.45, 7) is 10.6. The lowest BCUT2D eigenvalue weighted by Gasteiger charge is -2.43. The number of aryl methyl sites for hydroxylation is 1. The first-order valence-corrected chi connectivity index (χ1v) is 8.76. The summed E-state index contributed by atoms with van der Waals surface area (Å²) in [5, 5.41) is 3.73. The van der Waals surface area contributed by atoms with Crippen LogP contribution in [-0.2, 0) is 6.42 Å². The Hall–Kier alpha value is -0.860. The van der Waals surface area contributed by atoms with E-state index in [-0.39, 0.29) is 0 Å². The highest BCUT2D eigenvalue weighted by Gasteiger charge is 2.29. The monoisotopic (exact) mass is 288 g/mol. The first kappa shape index (κ1) is 16.5. The topological polar surface area (TPSA) is 15.3 Å². The van der Waals surface area contributed by atoms with Gasteiger partial charge in [0.2, 0.25) is 0 Å². The van der Waals surface area contributed by atoms with Gasteiger partial charge >= 0.3 is 0 Å². The quantitative estimate of drug-likeness (QED) is 0.822. The van der Waals surface area contributed by atoms with Gasteiger partial charge in [0.1, 0.15) is 0 Å². The summed E-state index contributed by atoms with van der Waals surface area (Å²) >= 11 is 0. The zero-order chi connectivity index (χ0) is 15.1. The summed E-state index contributed by atoms with van der Waals surface area (Å²) in [7, 11) is 0. The molecule has 2 heteroatoms. The standard InChI is InChI=1S/C19H32N2/c1-4-16(3)19-14-20-18(5-2)15-21(19)13-9-12-17-10-7-6-8-11-17/h6-8,10-11,16,18-20H,4-5,9,12-15H2,1-3H3. The predicted molar refractivity (Wildman–Crippen MR) is 91.7 cm³/mol. The van der Waals surface area contributed by atoms with Gasteiger partial charge in [0, 0.05) is 25.2 Å². The molecule has 3 atom stereocenters. The molecule has 1 N–H and O–H groups in total. The first-order valence-electron chi connectivity index (χ1n) is 8.76. The van der Waals surface area contributed by atoms with E-state index in [1.165, 1.54) is 50.9 Å². The van der Waals surface area contributed by atoms with E-state index in [1.54, 1.807) is 0 Å². The second-order valence-electron chi connectivity index (χ2n) is 6.55. The largest absolute Gasteiger partial charge is 0.311 e. The highest BCUT2D eigenvalue weighted by atomic mass is 15.2. The van der Waals surface area contributed by atoms with Crippen molar-refractivity contribution in [2.45, 2.75) is 58.5 Å².